The lowest BCUT2D eigenvalue weighted by Crippen LogP contribution is -2.45. The molecule has 1 saturated heterocycles. The maximum Gasteiger partial charge on any atom is 0.247 e. The fourth-order valence-electron chi connectivity index (χ4n) is 2.49. The Balaban J connectivity index is 2.40. The molecular weight excluding hydrogens is 302 g/mol. The zero-order valence-electron chi connectivity index (χ0n) is 12.0. The summed E-state index contributed by atoms with van der Waals surface area (Å²) in [6.45, 7) is 6.54. The molecule has 2 rings (SSSR count). The van der Waals surface area contributed by atoms with E-state index in [0.717, 1.165) is 6.42 Å². The van der Waals surface area contributed by atoms with Gasteiger partial charge in [-0.3, -0.25) is 0 Å². The number of aryl methyl sites for hydroxylation is 2. The normalized spacial score (nSPS) is 21.3. The Hall–Kier alpha value is -0.560. The SMILES string of the molecule is CCC1CN(S(=O)(=O)c2c(C)oc(C)c2CCl)CCO1. The van der Waals surface area contributed by atoms with Gasteiger partial charge in [-0.15, -0.1) is 11.6 Å². The molecule has 1 atom stereocenters. The predicted molar refractivity (Wildman–Crippen MR) is 76.5 cm³/mol. The van der Waals surface area contributed by atoms with E-state index in [4.69, 9.17) is 20.8 Å². The summed E-state index contributed by atoms with van der Waals surface area (Å²) in [4.78, 5) is 0.224. The van der Waals surface area contributed by atoms with Crippen molar-refractivity contribution < 1.29 is 17.6 Å². The van der Waals surface area contributed by atoms with Crippen LogP contribution in [0.15, 0.2) is 9.31 Å². The minimum Gasteiger partial charge on any atom is -0.465 e. The van der Waals surface area contributed by atoms with Gasteiger partial charge in [0.1, 0.15) is 16.4 Å². The predicted octanol–water partition coefficient (Wildman–Crippen LogP) is 2.43. The highest BCUT2D eigenvalue weighted by atomic mass is 35.5. The van der Waals surface area contributed by atoms with Crippen molar-refractivity contribution >= 4 is 21.6 Å². The molecule has 20 heavy (non-hydrogen) atoms. The van der Waals surface area contributed by atoms with Gasteiger partial charge in [-0.1, -0.05) is 6.92 Å². The van der Waals surface area contributed by atoms with E-state index in [1.54, 1.807) is 13.8 Å². The molecule has 1 unspecified atom stereocenters. The summed E-state index contributed by atoms with van der Waals surface area (Å²) < 4.78 is 38.1. The van der Waals surface area contributed by atoms with E-state index in [9.17, 15) is 8.42 Å². The maximum absolute atomic E-state index is 12.8. The molecule has 0 aliphatic carbocycles. The van der Waals surface area contributed by atoms with E-state index in [1.165, 1.54) is 4.31 Å². The molecule has 0 radical (unpaired) electrons. The molecule has 0 saturated carbocycles. The van der Waals surface area contributed by atoms with Gasteiger partial charge in [0.15, 0.2) is 0 Å². The highest BCUT2D eigenvalue weighted by Crippen LogP contribution is 2.31. The Bertz CT molecular complexity index is 581. The number of morpholine rings is 1. The van der Waals surface area contributed by atoms with Crippen molar-refractivity contribution in [2.45, 2.75) is 44.1 Å². The van der Waals surface area contributed by atoms with Gasteiger partial charge in [-0.05, 0) is 20.3 Å². The van der Waals surface area contributed by atoms with Crippen LogP contribution in [-0.2, 0) is 20.6 Å². The number of ether oxygens (including phenoxy) is 1. The van der Waals surface area contributed by atoms with E-state index < -0.39 is 10.0 Å². The second-order valence-corrected chi connectivity index (χ2v) is 7.06. The summed E-state index contributed by atoms with van der Waals surface area (Å²) in [5, 5.41) is 0. The standard InChI is InChI=1S/C13H20ClNO4S/c1-4-11-8-15(5-6-18-11)20(16,17)13-10(3)19-9(2)12(13)7-14/h11H,4-8H2,1-3H3. The quantitative estimate of drug-likeness (QED) is 0.799. The van der Waals surface area contributed by atoms with Crippen molar-refractivity contribution in [3.05, 3.63) is 17.1 Å². The second kappa shape index (κ2) is 6.05. The van der Waals surface area contributed by atoms with Gasteiger partial charge < -0.3 is 9.15 Å². The molecule has 1 aromatic heterocycles. The number of hydrogen-bond donors (Lipinski definition) is 0. The van der Waals surface area contributed by atoms with E-state index in [-0.39, 0.29) is 16.9 Å². The molecule has 7 heteroatoms. The van der Waals surface area contributed by atoms with Crippen molar-refractivity contribution in [2.75, 3.05) is 19.7 Å². The topological polar surface area (TPSA) is 59.8 Å². The van der Waals surface area contributed by atoms with Crippen LogP contribution in [0.5, 0.6) is 0 Å². The molecule has 1 fully saturated rings. The average molecular weight is 322 g/mol. The van der Waals surface area contributed by atoms with Gasteiger partial charge in [0.05, 0.1) is 18.6 Å². The summed E-state index contributed by atoms with van der Waals surface area (Å²) in [6.07, 6.45) is 0.740. The van der Waals surface area contributed by atoms with Gasteiger partial charge in [0, 0.05) is 18.7 Å². The number of sulfonamides is 1. The van der Waals surface area contributed by atoms with Gasteiger partial charge in [-0.2, -0.15) is 4.31 Å². The van der Waals surface area contributed by atoms with Crippen molar-refractivity contribution in [3.8, 4) is 0 Å². The molecule has 1 aliphatic rings. The maximum atomic E-state index is 12.8. The fraction of sp³-hybridized carbons (Fsp3) is 0.692. The Morgan fingerprint density at radius 1 is 1.35 bits per heavy atom. The van der Waals surface area contributed by atoms with Crippen LogP contribution < -0.4 is 0 Å². The van der Waals surface area contributed by atoms with Crippen molar-refractivity contribution in [1.29, 1.82) is 0 Å². The molecule has 2 heterocycles. The van der Waals surface area contributed by atoms with Gasteiger partial charge in [0.2, 0.25) is 10.0 Å². The lowest BCUT2D eigenvalue weighted by molar-refractivity contribution is -0.00281. The summed E-state index contributed by atoms with van der Waals surface area (Å²) in [5.41, 5.74) is 0.559. The first-order valence-electron chi connectivity index (χ1n) is 6.68. The lowest BCUT2D eigenvalue weighted by atomic mass is 10.2. The van der Waals surface area contributed by atoms with Crippen LogP contribution in [0.25, 0.3) is 0 Å². The summed E-state index contributed by atoms with van der Waals surface area (Å²) >= 11 is 5.88. The summed E-state index contributed by atoms with van der Waals surface area (Å²) in [7, 11) is -3.58. The Labute approximate surface area is 124 Å². The average Bonchev–Trinajstić information content (AvgIpc) is 2.73. The van der Waals surface area contributed by atoms with Crippen LogP contribution in [0.1, 0.15) is 30.4 Å². The van der Waals surface area contributed by atoms with Crippen LogP contribution in [0.2, 0.25) is 0 Å². The number of hydrogen-bond acceptors (Lipinski definition) is 4. The minimum absolute atomic E-state index is 0.0497. The third-order valence-electron chi connectivity index (χ3n) is 3.61. The van der Waals surface area contributed by atoms with Crippen LogP contribution >= 0.6 is 11.6 Å². The molecule has 114 valence electrons. The van der Waals surface area contributed by atoms with Crippen molar-refractivity contribution in [3.63, 3.8) is 0 Å². The zero-order valence-corrected chi connectivity index (χ0v) is 13.6. The van der Waals surface area contributed by atoms with Crippen LogP contribution in [0.4, 0.5) is 0 Å². The van der Waals surface area contributed by atoms with Gasteiger partial charge in [-0.25, -0.2) is 8.42 Å². The van der Waals surface area contributed by atoms with Crippen LogP contribution in [0.3, 0.4) is 0 Å². The molecular formula is C13H20ClNO4S. The minimum atomic E-state index is -3.58. The van der Waals surface area contributed by atoms with E-state index in [2.05, 4.69) is 0 Å². The third-order valence-corrected chi connectivity index (χ3v) is 5.94. The first-order chi connectivity index (χ1) is 9.41. The third kappa shape index (κ3) is 2.74. The fourth-order valence-corrected chi connectivity index (χ4v) is 4.76. The number of nitrogens with zero attached hydrogens (tertiary/aromatic N) is 1. The van der Waals surface area contributed by atoms with E-state index in [1.807, 2.05) is 6.92 Å². The smallest absolute Gasteiger partial charge is 0.247 e. The van der Waals surface area contributed by atoms with Crippen molar-refractivity contribution in [1.82, 2.24) is 4.31 Å². The molecule has 0 amide bonds. The molecule has 0 spiro atoms. The summed E-state index contributed by atoms with van der Waals surface area (Å²) in [5.74, 6) is 1.09. The molecule has 0 aromatic carbocycles. The molecule has 5 nitrogen and oxygen atoms in total. The number of rotatable bonds is 4. The van der Waals surface area contributed by atoms with Gasteiger partial charge >= 0.3 is 0 Å². The van der Waals surface area contributed by atoms with Crippen molar-refractivity contribution in [2.24, 2.45) is 0 Å². The van der Waals surface area contributed by atoms with E-state index in [0.29, 0.717) is 36.8 Å². The molecule has 0 N–H and O–H groups in total. The largest absolute Gasteiger partial charge is 0.465 e. The Kier molecular flexibility index (Phi) is 4.79. The van der Waals surface area contributed by atoms with E-state index >= 15 is 0 Å². The number of halogens is 1. The second-order valence-electron chi connectivity index (χ2n) is 4.92. The zero-order chi connectivity index (χ0) is 14.9. The first-order valence-corrected chi connectivity index (χ1v) is 8.65. The number of alkyl halides is 1. The lowest BCUT2D eigenvalue weighted by Gasteiger charge is -2.31. The number of furan rings is 1. The summed E-state index contributed by atoms with van der Waals surface area (Å²) in [6, 6.07) is 0. The monoisotopic (exact) mass is 321 g/mol. The first kappa shape index (κ1) is 15.8. The highest BCUT2D eigenvalue weighted by Gasteiger charge is 2.35. The molecule has 1 aliphatic heterocycles. The highest BCUT2D eigenvalue weighted by molar-refractivity contribution is 7.89. The van der Waals surface area contributed by atoms with Crippen LogP contribution in [-0.4, -0.2) is 38.5 Å². The van der Waals surface area contributed by atoms with Gasteiger partial charge in [0.25, 0.3) is 0 Å². The van der Waals surface area contributed by atoms with Crippen LogP contribution in [0, 0.1) is 13.8 Å². The Morgan fingerprint density at radius 3 is 2.65 bits per heavy atom. The molecule has 1 aromatic rings. The Morgan fingerprint density at radius 2 is 2.05 bits per heavy atom. The molecule has 0 bridgehead atoms.